The van der Waals surface area contributed by atoms with Crippen LogP contribution in [0.1, 0.15) is 56.6 Å². The molecule has 1 aromatic rings. The SMILES string of the molecule is CCCC1CCC(C(Cc2cccc(C)c2)NC)CC1. The summed E-state index contributed by atoms with van der Waals surface area (Å²) in [7, 11) is 2.14. The Balaban J connectivity index is 1.89. The fourth-order valence-corrected chi connectivity index (χ4v) is 3.89. The van der Waals surface area contributed by atoms with Crippen molar-refractivity contribution in [3.63, 3.8) is 0 Å². The molecule has 0 aliphatic heterocycles. The van der Waals surface area contributed by atoms with E-state index in [-0.39, 0.29) is 0 Å². The maximum Gasteiger partial charge on any atom is 0.0133 e. The highest BCUT2D eigenvalue weighted by atomic mass is 14.9. The van der Waals surface area contributed by atoms with Crippen LogP contribution in [0, 0.1) is 18.8 Å². The minimum absolute atomic E-state index is 0.652. The lowest BCUT2D eigenvalue weighted by molar-refractivity contribution is 0.217. The highest BCUT2D eigenvalue weighted by Gasteiger charge is 2.26. The van der Waals surface area contributed by atoms with E-state index in [1.165, 1.54) is 56.1 Å². The molecule has 0 spiro atoms. The van der Waals surface area contributed by atoms with Crippen molar-refractivity contribution in [2.24, 2.45) is 11.8 Å². The molecular weight excluding hydrogens is 242 g/mol. The molecule has 0 radical (unpaired) electrons. The second kappa shape index (κ2) is 7.83. The topological polar surface area (TPSA) is 12.0 Å². The Kier molecular flexibility index (Phi) is 6.09. The molecule has 1 saturated carbocycles. The van der Waals surface area contributed by atoms with Gasteiger partial charge in [-0.1, -0.05) is 62.4 Å². The van der Waals surface area contributed by atoms with E-state index in [4.69, 9.17) is 0 Å². The van der Waals surface area contributed by atoms with Gasteiger partial charge in [-0.3, -0.25) is 0 Å². The predicted molar refractivity (Wildman–Crippen MR) is 88.1 cm³/mol. The molecule has 0 heterocycles. The summed E-state index contributed by atoms with van der Waals surface area (Å²) in [5.41, 5.74) is 2.86. The second-order valence-corrected chi connectivity index (χ2v) is 6.66. The molecule has 112 valence electrons. The van der Waals surface area contributed by atoms with Gasteiger partial charge < -0.3 is 5.32 Å². The highest BCUT2D eigenvalue weighted by molar-refractivity contribution is 5.23. The Hall–Kier alpha value is -0.820. The van der Waals surface area contributed by atoms with Crippen LogP contribution in [0.3, 0.4) is 0 Å². The maximum absolute atomic E-state index is 3.59. The molecule has 0 aromatic heterocycles. The van der Waals surface area contributed by atoms with Crippen molar-refractivity contribution in [2.45, 2.75) is 64.8 Å². The summed E-state index contributed by atoms with van der Waals surface area (Å²) in [6.45, 7) is 4.51. The van der Waals surface area contributed by atoms with Crippen LogP contribution in [0.15, 0.2) is 24.3 Å². The molecule has 0 saturated heterocycles. The average Bonchev–Trinajstić information content (AvgIpc) is 2.46. The van der Waals surface area contributed by atoms with E-state index in [9.17, 15) is 0 Å². The Bertz CT molecular complexity index is 391. The molecule has 1 unspecified atom stereocenters. The molecule has 1 fully saturated rings. The van der Waals surface area contributed by atoms with E-state index >= 15 is 0 Å². The van der Waals surface area contributed by atoms with E-state index in [0.29, 0.717) is 6.04 Å². The molecule has 1 nitrogen and oxygen atoms in total. The van der Waals surface area contributed by atoms with Crippen LogP contribution < -0.4 is 5.32 Å². The fraction of sp³-hybridized carbons (Fsp3) is 0.684. The monoisotopic (exact) mass is 273 g/mol. The van der Waals surface area contributed by atoms with Crippen LogP contribution >= 0.6 is 0 Å². The van der Waals surface area contributed by atoms with Crippen molar-refractivity contribution in [1.82, 2.24) is 5.32 Å². The molecule has 1 N–H and O–H groups in total. The molecule has 1 aromatic carbocycles. The lowest BCUT2D eigenvalue weighted by atomic mass is 9.76. The van der Waals surface area contributed by atoms with Crippen LogP contribution in [0.5, 0.6) is 0 Å². The first kappa shape index (κ1) is 15.6. The zero-order chi connectivity index (χ0) is 14.4. The van der Waals surface area contributed by atoms with Gasteiger partial charge in [0.05, 0.1) is 0 Å². The van der Waals surface area contributed by atoms with Gasteiger partial charge in [-0.15, -0.1) is 0 Å². The van der Waals surface area contributed by atoms with Crippen LogP contribution in [0.2, 0.25) is 0 Å². The third-order valence-corrected chi connectivity index (χ3v) is 5.07. The van der Waals surface area contributed by atoms with Crippen molar-refractivity contribution >= 4 is 0 Å². The summed E-state index contributed by atoms with van der Waals surface area (Å²) >= 11 is 0. The van der Waals surface area contributed by atoms with Crippen molar-refractivity contribution in [3.8, 4) is 0 Å². The fourth-order valence-electron chi connectivity index (χ4n) is 3.89. The minimum atomic E-state index is 0.652. The maximum atomic E-state index is 3.59. The summed E-state index contributed by atoms with van der Waals surface area (Å²) in [5, 5.41) is 3.59. The summed E-state index contributed by atoms with van der Waals surface area (Å²) in [5.74, 6) is 1.88. The quantitative estimate of drug-likeness (QED) is 0.790. The molecule has 1 heteroatoms. The highest BCUT2D eigenvalue weighted by Crippen LogP contribution is 2.34. The van der Waals surface area contributed by atoms with E-state index in [0.717, 1.165) is 11.8 Å². The van der Waals surface area contributed by atoms with Gasteiger partial charge in [-0.05, 0) is 50.6 Å². The summed E-state index contributed by atoms with van der Waals surface area (Å²) in [6, 6.07) is 9.65. The predicted octanol–water partition coefficient (Wildman–Crippen LogP) is 4.73. The van der Waals surface area contributed by atoms with Gasteiger partial charge in [-0.25, -0.2) is 0 Å². The summed E-state index contributed by atoms with van der Waals surface area (Å²) < 4.78 is 0. The summed E-state index contributed by atoms with van der Waals surface area (Å²) in [6.07, 6.45) is 9.71. The number of nitrogens with one attached hydrogen (secondary N) is 1. The Labute approximate surface area is 125 Å². The van der Waals surface area contributed by atoms with Gasteiger partial charge in [0, 0.05) is 6.04 Å². The average molecular weight is 273 g/mol. The number of aryl methyl sites for hydroxylation is 1. The minimum Gasteiger partial charge on any atom is -0.316 e. The molecule has 20 heavy (non-hydrogen) atoms. The van der Waals surface area contributed by atoms with Gasteiger partial charge in [0.2, 0.25) is 0 Å². The molecule has 0 amide bonds. The van der Waals surface area contributed by atoms with Gasteiger partial charge in [0.25, 0.3) is 0 Å². The van der Waals surface area contributed by atoms with Gasteiger partial charge in [0.15, 0.2) is 0 Å². The molecule has 1 aliphatic rings. The first-order valence-corrected chi connectivity index (χ1v) is 8.45. The lowest BCUT2D eigenvalue weighted by Crippen LogP contribution is -2.37. The van der Waals surface area contributed by atoms with Crippen LogP contribution in [-0.4, -0.2) is 13.1 Å². The van der Waals surface area contributed by atoms with Crippen LogP contribution in [-0.2, 0) is 6.42 Å². The number of rotatable bonds is 6. The second-order valence-electron chi connectivity index (χ2n) is 6.66. The molecule has 0 bridgehead atoms. The molecule has 2 rings (SSSR count). The van der Waals surface area contributed by atoms with Crippen molar-refractivity contribution in [3.05, 3.63) is 35.4 Å². The van der Waals surface area contributed by atoms with E-state index in [2.05, 4.69) is 50.5 Å². The largest absolute Gasteiger partial charge is 0.316 e. The van der Waals surface area contributed by atoms with Crippen molar-refractivity contribution in [1.29, 1.82) is 0 Å². The van der Waals surface area contributed by atoms with Crippen molar-refractivity contribution in [2.75, 3.05) is 7.05 Å². The number of hydrogen-bond acceptors (Lipinski definition) is 1. The first-order valence-electron chi connectivity index (χ1n) is 8.45. The molecular formula is C19H31N. The summed E-state index contributed by atoms with van der Waals surface area (Å²) in [4.78, 5) is 0. The smallest absolute Gasteiger partial charge is 0.0133 e. The number of hydrogen-bond donors (Lipinski definition) is 1. The normalized spacial score (nSPS) is 24.6. The Morgan fingerprint density at radius 1 is 1.20 bits per heavy atom. The van der Waals surface area contributed by atoms with Crippen LogP contribution in [0.25, 0.3) is 0 Å². The standard InChI is InChI=1S/C19H31N/c1-4-6-16-9-11-18(12-10-16)19(20-3)14-17-8-5-7-15(2)13-17/h5,7-8,13,16,18-20H,4,6,9-12,14H2,1-3H3. The van der Waals surface area contributed by atoms with E-state index < -0.39 is 0 Å². The third-order valence-electron chi connectivity index (χ3n) is 5.07. The zero-order valence-electron chi connectivity index (χ0n) is 13.5. The third kappa shape index (κ3) is 4.34. The van der Waals surface area contributed by atoms with Crippen LogP contribution in [0.4, 0.5) is 0 Å². The van der Waals surface area contributed by atoms with Gasteiger partial charge in [-0.2, -0.15) is 0 Å². The number of likely N-dealkylation sites (N-methyl/N-ethyl adjacent to an activating group) is 1. The molecule has 1 atom stereocenters. The Morgan fingerprint density at radius 3 is 2.55 bits per heavy atom. The van der Waals surface area contributed by atoms with Crippen molar-refractivity contribution < 1.29 is 0 Å². The van der Waals surface area contributed by atoms with Gasteiger partial charge >= 0.3 is 0 Å². The lowest BCUT2D eigenvalue weighted by Gasteiger charge is -2.34. The van der Waals surface area contributed by atoms with Gasteiger partial charge in [0.1, 0.15) is 0 Å². The van der Waals surface area contributed by atoms with E-state index in [1.807, 2.05) is 0 Å². The molecule has 1 aliphatic carbocycles. The van der Waals surface area contributed by atoms with E-state index in [1.54, 1.807) is 0 Å². The number of benzene rings is 1. The Morgan fingerprint density at radius 2 is 1.95 bits per heavy atom. The first-order chi connectivity index (χ1) is 9.72. The zero-order valence-corrected chi connectivity index (χ0v) is 13.5.